The monoisotopic (exact) mass is 383 g/mol. The third kappa shape index (κ3) is 4.00. The summed E-state index contributed by atoms with van der Waals surface area (Å²) in [4.78, 5) is 29.4. The maximum Gasteiger partial charge on any atom is 0.416 e. The zero-order chi connectivity index (χ0) is 17.2. The second-order valence-electron chi connectivity index (χ2n) is 6.40. The van der Waals surface area contributed by atoms with Gasteiger partial charge in [-0.3, -0.25) is 9.69 Å². The molecule has 1 aromatic rings. The van der Waals surface area contributed by atoms with E-state index >= 15 is 0 Å². The minimum Gasteiger partial charge on any atom is -0.480 e. The molecule has 2 amide bonds. The summed E-state index contributed by atoms with van der Waals surface area (Å²) in [7, 11) is 0. The molecule has 10 heteroatoms. The molecule has 0 aliphatic carbocycles. The number of fused-ring (bicyclic) bond motifs is 1. The van der Waals surface area contributed by atoms with Crippen LogP contribution in [-0.4, -0.2) is 61.9 Å². The van der Waals surface area contributed by atoms with Gasteiger partial charge in [0.15, 0.2) is 18.2 Å². The molecule has 9 nitrogen and oxygen atoms in total. The number of piperidine rings is 1. The van der Waals surface area contributed by atoms with Crippen molar-refractivity contribution in [3.8, 4) is 5.75 Å². The van der Waals surface area contributed by atoms with Crippen molar-refractivity contribution in [2.75, 3.05) is 43.0 Å². The lowest BCUT2D eigenvalue weighted by atomic mass is 10.1. The summed E-state index contributed by atoms with van der Waals surface area (Å²) >= 11 is 0. The first-order valence-corrected chi connectivity index (χ1v) is 8.55. The maximum absolute atomic E-state index is 12.2. The summed E-state index contributed by atoms with van der Waals surface area (Å²) in [6, 6.07) is 3.86. The first kappa shape index (κ1) is 18.7. The van der Waals surface area contributed by atoms with Gasteiger partial charge < -0.3 is 25.4 Å². The van der Waals surface area contributed by atoms with Gasteiger partial charge in [0.1, 0.15) is 11.9 Å². The lowest BCUT2D eigenvalue weighted by molar-refractivity contribution is -0.118. The number of carbonyl (C=O) groups is 2. The Labute approximate surface area is 157 Å². The Morgan fingerprint density at radius 3 is 2.88 bits per heavy atom. The van der Waals surface area contributed by atoms with E-state index in [2.05, 4.69) is 20.9 Å². The number of nitrogens with zero attached hydrogens (tertiary/aromatic N) is 2. The number of rotatable bonds is 4. The van der Waals surface area contributed by atoms with Crippen LogP contribution in [0.3, 0.4) is 0 Å². The Balaban J connectivity index is 0.00000196. The molecule has 3 aliphatic heterocycles. The fraction of sp³-hybridized carbons (Fsp3) is 0.562. The summed E-state index contributed by atoms with van der Waals surface area (Å²) < 4.78 is 10.7. The van der Waals surface area contributed by atoms with Crippen molar-refractivity contribution in [3.05, 3.63) is 12.1 Å². The zero-order valence-electron chi connectivity index (χ0n) is 14.2. The topological polar surface area (TPSA) is 105 Å². The number of carbonyl (C=O) groups excluding carboxylic acids is 2. The summed E-state index contributed by atoms with van der Waals surface area (Å²) in [6.45, 7) is 3.06. The quantitative estimate of drug-likeness (QED) is 0.695. The SMILES string of the molecule is Cl.O=C1COc2ccc(N3C[C@@H](CNC4CCNCC4)OC3=O)nc2N1. The van der Waals surface area contributed by atoms with Gasteiger partial charge in [-0.05, 0) is 38.1 Å². The number of pyridine rings is 1. The highest BCUT2D eigenvalue weighted by Gasteiger charge is 2.34. The van der Waals surface area contributed by atoms with E-state index < -0.39 is 6.09 Å². The molecule has 4 heterocycles. The van der Waals surface area contributed by atoms with Crippen LogP contribution in [0.25, 0.3) is 0 Å². The first-order valence-electron chi connectivity index (χ1n) is 8.55. The molecule has 0 aromatic carbocycles. The smallest absolute Gasteiger partial charge is 0.416 e. The molecule has 2 saturated heterocycles. The van der Waals surface area contributed by atoms with Gasteiger partial charge in [0, 0.05) is 12.6 Å². The molecular formula is C16H22ClN5O4. The molecule has 26 heavy (non-hydrogen) atoms. The average molecular weight is 384 g/mol. The van der Waals surface area contributed by atoms with E-state index in [1.165, 1.54) is 4.90 Å². The molecule has 1 atom stereocenters. The van der Waals surface area contributed by atoms with E-state index in [0.717, 1.165) is 25.9 Å². The van der Waals surface area contributed by atoms with E-state index in [0.29, 0.717) is 36.5 Å². The minimum absolute atomic E-state index is 0. The molecule has 3 N–H and O–H groups in total. The molecule has 2 fully saturated rings. The van der Waals surface area contributed by atoms with Crippen LogP contribution >= 0.6 is 12.4 Å². The maximum atomic E-state index is 12.2. The lowest BCUT2D eigenvalue weighted by Gasteiger charge is -2.24. The highest BCUT2D eigenvalue weighted by atomic mass is 35.5. The Hall–Kier alpha value is -2.10. The molecule has 0 bridgehead atoms. The molecule has 1 aromatic heterocycles. The first-order chi connectivity index (χ1) is 12.2. The predicted octanol–water partition coefficient (Wildman–Crippen LogP) is 0.501. The van der Waals surface area contributed by atoms with Crippen molar-refractivity contribution < 1.29 is 19.1 Å². The molecule has 0 spiro atoms. The molecule has 0 unspecified atom stereocenters. The zero-order valence-corrected chi connectivity index (χ0v) is 15.0. The van der Waals surface area contributed by atoms with E-state index in [1.54, 1.807) is 12.1 Å². The molecule has 0 saturated carbocycles. The number of cyclic esters (lactones) is 1. The van der Waals surface area contributed by atoms with Crippen LogP contribution in [0.2, 0.25) is 0 Å². The molecule has 4 rings (SSSR count). The Morgan fingerprint density at radius 1 is 1.27 bits per heavy atom. The summed E-state index contributed by atoms with van der Waals surface area (Å²) in [5, 5.41) is 9.44. The van der Waals surface area contributed by atoms with Crippen molar-refractivity contribution >= 4 is 36.0 Å². The second-order valence-corrected chi connectivity index (χ2v) is 6.40. The minimum atomic E-state index is -0.424. The normalized spacial score (nSPS) is 22.8. The Kier molecular flexibility index (Phi) is 5.80. The molecular weight excluding hydrogens is 362 g/mol. The van der Waals surface area contributed by atoms with Crippen LogP contribution < -0.4 is 25.6 Å². The molecule has 0 radical (unpaired) electrons. The van der Waals surface area contributed by atoms with Gasteiger partial charge in [0.05, 0.1) is 6.54 Å². The van der Waals surface area contributed by atoms with Crippen LogP contribution in [0.1, 0.15) is 12.8 Å². The van der Waals surface area contributed by atoms with Crippen LogP contribution in [-0.2, 0) is 9.53 Å². The number of ether oxygens (including phenoxy) is 2. The molecule has 142 valence electrons. The van der Waals surface area contributed by atoms with E-state index in [9.17, 15) is 9.59 Å². The van der Waals surface area contributed by atoms with Gasteiger partial charge in [0.2, 0.25) is 0 Å². The van der Waals surface area contributed by atoms with Crippen molar-refractivity contribution in [2.24, 2.45) is 0 Å². The van der Waals surface area contributed by atoms with Gasteiger partial charge in [-0.2, -0.15) is 0 Å². The fourth-order valence-corrected chi connectivity index (χ4v) is 3.24. The largest absolute Gasteiger partial charge is 0.480 e. The predicted molar refractivity (Wildman–Crippen MR) is 97.1 cm³/mol. The second kappa shape index (κ2) is 8.07. The van der Waals surface area contributed by atoms with Gasteiger partial charge in [0.25, 0.3) is 5.91 Å². The van der Waals surface area contributed by atoms with E-state index in [1.807, 2.05) is 0 Å². The third-order valence-corrected chi connectivity index (χ3v) is 4.58. The highest BCUT2D eigenvalue weighted by Crippen LogP contribution is 2.29. The van der Waals surface area contributed by atoms with Crippen molar-refractivity contribution in [1.29, 1.82) is 0 Å². The number of amides is 2. The fourth-order valence-electron chi connectivity index (χ4n) is 3.24. The standard InChI is InChI=1S/C16H21N5O4.ClH/c22-14-9-24-12-1-2-13(19-15(12)20-14)21-8-11(25-16(21)23)7-18-10-3-5-17-6-4-10;/h1-2,10-11,17-18H,3-9H2,(H,19,20,22);1H/t11-;/m1./s1. The van der Waals surface area contributed by atoms with Crippen LogP contribution in [0.4, 0.5) is 16.4 Å². The van der Waals surface area contributed by atoms with Gasteiger partial charge in [-0.15, -0.1) is 12.4 Å². The van der Waals surface area contributed by atoms with Crippen LogP contribution in [0.15, 0.2) is 12.1 Å². The summed E-state index contributed by atoms with van der Waals surface area (Å²) in [6.07, 6.45) is 1.52. The number of aromatic nitrogens is 1. The van der Waals surface area contributed by atoms with Crippen molar-refractivity contribution in [3.63, 3.8) is 0 Å². The summed E-state index contributed by atoms with van der Waals surface area (Å²) in [5.74, 6) is 1.02. The highest BCUT2D eigenvalue weighted by molar-refractivity contribution is 5.95. The van der Waals surface area contributed by atoms with Crippen LogP contribution in [0.5, 0.6) is 5.75 Å². The Morgan fingerprint density at radius 2 is 2.08 bits per heavy atom. The van der Waals surface area contributed by atoms with E-state index in [-0.39, 0.29) is 31.0 Å². The van der Waals surface area contributed by atoms with Gasteiger partial charge in [-0.1, -0.05) is 0 Å². The van der Waals surface area contributed by atoms with Crippen molar-refractivity contribution in [1.82, 2.24) is 15.6 Å². The number of anilines is 2. The van der Waals surface area contributed by atoms with Gasteiger partial charge in [-0.25, -0.2) is 9.78 Å². The number of halogens is 1. The van der Waals surface area contributed by atoms with Gasteiger partial charge >= 0.3 is 6.09 Å². The summed E-state index contributed by atoms with van der Waals surface area (Å²) in [5.41, 5.74) is 0. The lowest BCUT2D eigenvalue weighted by Crippen LogP contribution is -2.43. The third-order valence-electron chi connectivity index (χ3n) is 4.58. The van der Waals surface area contributed by atoms with Crippen LogP contribution in [0, 0.1) is 0 Å². The van der Waals surface area contributed by atoms with Crippen molar-refractivity contribution in [2.45, 2.75) is 25.0 Å². The number of hydrogen-bond acceptors (Lipinski definition) is 7. The Bertz CT molecular complexity index is 683. The molecule has 3 aliphatic rings. The number of hydrogen-bond donors (Lipinski definition) is 3. The number of nitrogens with one attached hydrogen (secondary N) is 3. The van der Waals surface area contributed by atoms with E-state index in [4.69, 9.17) is 9.47 Å². The average Bonchev–Trinajstić information content (AvgIpc) is 3.01.